The summed E-state index contributed by atoms with van der Waals surface area (Å²) in [6.45, 7) is 1.37. The minimum Gasteiger partial charge on any atom is -0.348 e. The Morgan fingerprint density at radius 1 is 1.00 bits per heavy atom. The summed E-state index contributed by atoms with van der Waals surface area (Å²) in [7, 11) is -4.08. The van der Waals surface area contributed by atoms with E-state index in [-0.39, 0.29) is 10.9 Å². The number of nitrogens with zero attached hydrogens (tertiary/aromatic N) is 1. The summed E-state index contributed by atoms with van der Waals surface area (Å²) in [5.74, 6) is -1.03. The van der Waals surface area contributed by atoms with Gasteiger partial charge in [0.05, 0.1) is 16.6 Å². The summed E-state index contributed by atoms with van der Waals surface area (Å²) in [5, 5.41) is 3.38. The number of carbonyl (C=O) groups is 1. The van der Waals surface area contributed by atoms with Crippen molar-refractivity contribution in [1.82, 2.24) is 5.32 Å². The van der Waals surface area contributed by atoms with Gasteiger partial charge in [-0.3, -0.25) is 9.10 Å². The molecule has 0 radical (unpaired) electrons. The van der Waals surface area contributed by atoms with Gasteiger partial charge in [0.1, 0.15) is 12.4 Å². The van der Waals surface area contributed by atoms with Gasteiger partial charge in [-0.15, -0.1) is 0 Å². The summed E-state index contributed by atoms with van der Waals surface area (Å²) < 4.78 is 40.6. The Morgan fingerprint density at radius 2 is 1.60 bits per heavy atom. The fourth-order valence-corrected chi connectivity index (χ4v) is 4.44. The molecule has 0 fully saturated rings. The highest BCUT2D eigenvalue weighted by Crippen LogP contribution is 2.24. The molecule has 0 aliphatic heterocycles. The molecule has 8 heteroatoms. The monoisotopic (exact) mass is 446 g/mol. The minimum absolute atomic E-state index is 0.105. The van der Waals surface area contributed by atoms with Crippen molar-refractivity contribution in [2.24, 2.45) is 0 Å². The van der Waals surface area contributed by atoms with Gasteiger partial charge in [-0.05, 0) is 61.0 Å². The molecule has 0 saturated carbocycles. The fraction of sp³-hybridized carbons (Fsp3) is 0.136. The third-order valence-corrected chi connectivity index (χ3v) is 6.52. The van der Waals surface area contributed by atoms with Gasteiger partial charge in [0.25, 0.3) is 10.0 Å². The second-order valence-corrected chi connectivity index (χ2v) is 8.94. The number of nitrogens with one attached hydrogen (secondary N) is 1. The number of benzene rings is 3. The van der Waals surface area contributed by atoms with E-state index in [2.05, 4.69) is 5.32 Å². The van der Waals surface area contributed by atoms with Crippen molar-refractivity contribution in [3.05, 3.63) is 95.3 Å². The van der Waals surface area contributed by atoms with E-state index in [0.717, 1.165) is 22.0 Å². The van der Waals surface area contributed by atoms with Crippen LogP contribution in [0.3, 0.4) is 0 Å². The number of rotatable bonds is 7. The molecule has 3 aromatic carbocycles. The van der Waals surface area contributed by atoms with E-state index < -0.39 is 28.3 Å². The Labute approximate surface area is 180 Å². The molecule has 156 valence electrons. The van der Waals surface area contributed by atoms with Crippen LogP contribution in [-0.2, 0) is 14.8 Å². The van der Waals surface area contributed by atoms with Crippen LogP contribution < -0.4 is 9.62 Å². The van der Waals surface area contributed by atoms with Crippen LogP contribution in [0.25, 0.3) is 0 Å². The molecule has 5 nitrogen and oxygen atoms in total. The summed E-state index contributed by atoms with van der Waals surface area (Å²) in [6.07, 6.45) is 0. The Morgan fingerprint density at radius 3 is 2.20 bits per heavy atom. The third-order valence-electron chi connectivity index (χ3n) is 4.48. The summed E-state index contributed by atoms with van der Waals surface area (Å²) in [4.78, 5) is 12.6. The zero-order valence-corrected chi connectivity index (χ0v) is 17.7. The maximum absolute atomic E-state index is 13.3. The van der Waals surface area contributed by atoms with E-state index in [1.165, 1.54) is 12.1 Å². The first-order chi connectivity index (χ1) is 14.3. The number of anilines is 1. The number of hydrogen-bond acceptors (Lipinski definition) is 3. The smallest absolute Gasteiger partial charge is 0.264 e. The van der Waals surface area contributed by atoms with Gasteiger partial charge < -0.3 is 5.32 Å². The maximum atomic E-state index is 13.3. The lowest BCUT2D eigenvalue weighted by Gasteiger charge is -2.25. The standard InChI is InChI=1S/C22H20ClFN2O3S/c1-16(17-7-9-18(23)10-8-17)25-22(27)15-26(20-5-3-2-4-6-20)30(28,29)21-13-11-19(24)12-14-21/h2-14,16H,15H2,1H3,(H,25,27). The number of sulfonamides is 1. The van der Waals surface area contributed by atoms with Crippen molar-refractivity contribution in [2.75, 3.05) is 10.8 Å². The lowest BCUT2D eigenvalue weighted by molar-refractivity contribution is -0.120. The topological polar surface area (TPSA) is 66.5 Å². The van der Waals surface area contributed by atoms with Gasteiger partial charge in [0.15, 0.2) is 0 Å². The predicted molar refractivity (Wildman–Crippen MR) is 115 cm³/mol. The van der Waals surface area contributed by atoms with E-state index in [1.54, 1.807) is 61.5 Å². The summed E-state index contributed by atoms with van der Waals surface area (Å²) in [5.41, 5.74) is 1.16. The van der Waals surface area contributed by atoms with Crippen molar-refractivity contribution >= 4 is 33.2 Å². The lowest BCUT2D eigenvalue weighted by Crippen LogP contribution is -2.41. The average molecular weight is 447 g/mol. The van der Waals surface area contributed by atoms with Crippen LogP contribution in [-0.4, -0.2) is 20.9 Å². The minimum atomic E-state index is -4.08. The molecule has 0 spiro atoms. The highest BCUT2D eigenvalue weighted by molar-refractivity contribution is 7.92. The van der Waals surface area contributed by atoms with Gasteiger partial charge in [-0.25, -0.2) is 12.8 Å². The molecule has 3 rings (SSSR count). The first-order valence-corrected chi connectivity index (χ1v) is 11.0. The SMILES string of the molecule is CC(NC(=O)CN(c1ccccc1)S(=O)(=O)c1ccc(F)cc1)c1ccc(Cl)cc1. The highest BCUT2D eigenvalue weighted by atomic mass is 35.5. The van der Waals surface area contributed by atoms with Crippen LogP contribution in [0.5, 0.6) is 0 Å². The van der Waals surface area contributed by atoms with Gasteiger partial charge in [0, 0.05) is 5.02 Å². The molecular weight excluding hydrogens is 427 g/mol. The zero-order chi connectivity index (χ0) is 21.7. The molecule has 1 unspecified atom stereocenters. The Kier molecular flexibility index (Phi) is 6.74. The van der Waals surface area contributed by atoms with Gasteiger partial charge in [-0.2, -0.15) is 0 Å². The first kappa shape index (κ1) is 21.8. The van der Waals surface area contributed by atoms with Crippen LogP contribution in [0.4, 0.5) is 10.1 Å². The molecule has 3 aromatic rings. The van der Waals surface area contributed by atoms with Crippen LogP contribution in [0, 0.1) is 5.82 Å². The molecule has 0 heterocycles. The molecule has 0 aliphatic carbocycles. The van der Waals surface area contributed by atoms with E-state index in [4.69, 9.17) is 11.6 Å². The van der Waals surface area contributed by atoms with E-state index in [0.29, 0.717) is 10.7 Å². The second kappa shape index (κ2) is 9.28. The number of amides is 1. The van der Waals surface area contributed by atoms with Crippen molar-refractivity contribution in [3.63, 3.8) is 0 Å². The second-order valence-electron chi connectivity index (χ2n) is 6.64. The number of para-hydroxylation sites is 1. The molecule has 0 aliphatic rings. The zero-order valence-electron chi connectivity index (χ0n) is 16.1. The number of carbonyl (C=O) groups excluding carboxylic acids is 1. The Balaban J connectivity index is 1.85. The quantitative estimate of drug-likeness (QED) is 0.579. The molecule has 1 amide bonds. The van der Waals surface area contributed by atoms with Crippen LogP contribution >= 0.6 is 11.6 Å². The number of halogens is 2. The summed E-state index contributed by atoms with van der Waals surface area (Å²) >= 11 is 5.89. The highest BCUT2D eigenvalue weighted by Gasteiger charge is 2.27. The van der Waals surface area contributed by atoms with Crippen molar-refractivity contribution in [2.45, 2.75) is 17.9 Å². The van der Waals surface area contributed by atoms with Gasteiger partial charge >= 0.3 is 0 Å². The predicted octanol–water partition coefficient (Wildman–Crippen LogP) is 4.55. The van der Waals surface area contributed by atoms with Crippen molar-refractivity contribution in [3.8, 4) is 0 Å². The van der Waals surface area contributed by atoms with Gasteiger partial charge in [-0.1, -0.05) is 41.9 Å². The molecule has 0 aromatic heterocycles. The van der Waals surface area contributed by atoms with Gasteiger partial charge in [0.2, 0.25) is 5.91 Å². The largest absolute Gasteiger partial charge is 0.348 e. The molecule has 0 saturated heterocycles. The third kappa shape index (κ3) is 5.17. The normalized spacial score (nSPS) is 12.2. The van der Waals surface area contributed by atoms with E-state index in [9.17, 15) is 17.6 Å². The fourth-order valence-electron chi connectivity index (χ4n) is 2.90. The number of hydrogen-bond donors (Lipinski definition) is 1. The van der Waals surface area contributed by atoms with Crippen molar-refractivity contribution in [1.29, 1.82) is 0 Å². The average Bonchev–Trinajstić information content (AvgIpc) is 2.73. The van der Waals surface area contributed by atoms with Crippen LogP contribution in [0.1, 0.15) is 18.5 Å². The molecule has 0 bridgehead atoms. The van der Waals surface area contributed by atoms with E-state index >= 15 is 0 Å². The first-order valence-electron chi connectivity index (χ1n) is 9.15. The lowest BCUT2D eigenvalue weighted by atomic mass is 10.1. The molecule has 1 atom stereocenters. The molecule has 30 heavy (non-hydrogen) atoms. The summed E-state index contributed by atoms with van der Waals surface area (Å²) in [6, 6.07) is 19.4. The van der Waals surface area contributed by atoms with Crippen LogP contribution in [0.15, 0.2) is 83.8 Å². The Bertz CT molecular complexity index is 1110. The van der Waals surface area contributed by atoms with Crippen molar-refractivity contribution < 1.29 is 17.6 Å². The molecular formula is C22H20ClFN2O3S. The van der Waals surface area contributed by atoms with E-state index in [1.807, 2.05) is 0 Å². The van der Waals surface area contributed by atoms with Crippen LogP contribution in [0.2, 0.25) is 5.02 Å². The maximum Gasteiger partial charge on any atom is 0.264 e. The Hall–Kier alpha value is -2.90. The molecule has 1 N–H and O–H groups in total.